The molecule has 1 amide bonds. The smallest absolute Gasteiger partial charge is 0.310 e. The first-order valence-corrected chi connectivity index (χ1v) is 6.82. The predicted molar refractivity (Wildman–Crippen MR) is 69.6 cm³/mol. The highest BCUT2D eigenvalue weighted by molar-refractivity contribution is 5.87. The summed E-state index contributed by atoms with van der Waals surface area (Å²) >= 11 is 0. The second-order valence-electron chi connectivity index (χ2n) is 5.38. The first-order valence-electron chi connectivity index (χ1n) is 6.82. The average Bonchev–Trinajstić information content (AvgIpc) is 2.47. The van der Waals surface area contributed by atoms with Crippen molar-refractivity contribution in [3.63, 3.8) is 0 Å². The van der Waals surface area contributed by atoms with Crippen molar-refractivity contribution in [2.75, 3.05) is 26.3 Å². The summed E-state index contributed by atoms with van der Waals surface area (Å²) in [5.41, 5.74) is -0.651. The van der Waals surface area contributed by atoms with Crippen LogP contribution >= 0.6 is 0 Å². The molecular weight excluding hydrogens is 246 g/mol. The van der Waals surface area contributed by atoms with E-state index in [0.717, 1.165) is 12.8 Å². The van der Waals surface area contributed by atoms with Crippen LogP contribution in [0.4, 0.5) is 0 Å². The molecule has 0 bridgehead atoms. The van der Waals surface area contributed by atoms with E-state index >= 15 is 0 Å². The summed E-state index contributed by atoms with van der Waals surface area (Å²) in [5.74, 6) is -0.623. The van der Waals surface area contributed by atoms with Gasteiger partial charge in [0.05, 0.1) is 5.41 Å². The topological polar surface area (TPSA) is 66.8 Å². The fourth-order valence-electron chi connectivity index (χ4n) is 3.31. The highest BCUT2D eigenvalue weighted by Crippen LogP contribution is 2.43. The van der Waals surface area contributed by atoms with Gasteiger partial charge in [-0.05, 0) is 37.7 Å². The molecule has 19 heavy (non-hydrogen) atoms. The van der Waals surface area contributed by atoms with E-state index in [1.807, 2.05) is 0 Å². The van der Waals surface area contributed by atoms with Crippen LogP contribution in [-0.4, -0.2) is 48.2 Å². The quantitative estimate of drug-likeness (QED) is 0.782. The molecule has 1 N–H and O–H groups in total. The molecule has 2 aliphatic heterocycles. The van der Waals surface area contributed by atoms with Crippen LogP contribution in [-0.2, 0) is 14.3 Å². The maximum Gasteiger partial charge on any atom is 0.310 e. The average molecular weight is 267 g/mol. The van der Waals surface area contributed by atoms with Gasteiger partial charge < -0.3 is 14.7 Å². The molecule has 0 aliphatic carbocycles. The van der Waals surface area contributed by atoms with Gasteiger partial charge in [-0.2, -0.15) is 0 Å². The normalized spacial score (nSPS) is 23.9. The Bertz CT molecular complexity index is 366. The van der Waals surface area contributed by atoms with Gasteiger partial charge in [-0.15, -0.1) is 0 Å². The number of ether oxygens (including phenoxy) is 1. The lowest BCUT2D eigenvalue weighted by atomic mass is 9.66. The van der Waals surface area contributed by atoms with Crippen molar-refractivity contribution in [1.82, 2.24) is 4.90 Å². The minimum absolute atomic E-state index is 0.0604. The molecule has 0 saturated carbocycles. The van der Waals surface area contributed by atoms with Crippen LogP contribution in [0.1, 0.15) is 25.7 Å². The third-order valence-corrected chi connectivity index (χ3v) is 4.57. The highest BCUT2D eigenvalue weighted by atomic mass is 16.5. The number of carbonyl (C=O) groups excluding carboxylic acids is 1. The summed E-state index contributed by atoms with van der Waals surface area (Å²) in [6.45, 7) is 5.80. The fourth-order valence-corrected chi connectivity index (χ4v) is 3.31. The third kappa shape index (κ3) is 2.66. The summed E-state index contributed by atoms with van der Waals surface area (Å²) in [5, 5.41) is 9.61. The van der Waals surface area contributed by atoms with Crippen LogP contribution in [0.5, 0.6) is 0 Å². The van der Waals surface area contributed by atoms with Gasteiger partial charge >= 0.3 is 5.97 Å². The van der Waals surface area contributed by atoms with Gasteiger partial charge in [-0.1, -0.05) is 6.58 Å². The molecule has 0 aromatic carbocycles. The molecule has 5 nitrogen and oxygen atoms in total. The molecule has 2 fully saturated rings. The first kappa shape index (κ1) is 14.1. The summed E-state index contributed by atoms with van der Waals surface area (Å²) in [6, 6.07) is 0. The largest absolute Gasteiger partial charge is 0.481 e. The number of rotatable bonds is 3. The zero-order valence-corrected chi connectivity index (χ0v) is 11.1. The number of hydrogen-bond donors (Lipinski definition) is 1. The summed E-state index contributed by atoms with van der Waals surface area (Å²) in [6.07, 6.45) is 4.00. The molecule has 2 rings (SSSR count). The van der Waals surface area contributed by atoms with Gasteiger partial charge in [0.1, 0.15) is 0 Å². The van der Waals surface area contributed by atoms with Gasteiger partial charge in [-0.3, -0.25) is 9.59 Å². The number of carbonyl (C=O) groups is 2. The molecule has 2 heterocycles. The number of carboxylic acids is 1. The Hall–Kier alpha value is -1.36. The second kappa shape index (κ2) is 5.74. The van der Waals surface area contributed by atoms with Gasteiger partial charge in [0, 0.05) is 26.3 Å². The Morgan fingerprint density at radius 1 is 1.26 bits per heavy atom. The van der Waals surface area contributed by atoms with E-state index in [1.54, 1.807) is 4.90 Å². The number of likely N-dealkylation sites (tertiary alicyclic amines) is 1. The number of aliphatic carboxylic acids is 1. The van der Waals surface area contributed by atoms with Crippen molar-refractivity contribution < 1.29 is 19.4 Å². The van der Waals surface area contributed by atoms with Crippen LogP contribution < -0.4 is 0 Å². The van der Waals surface area contributed by atoms with Gasteiger partial charge in [0.2, 0.25) is 5.91 Å². The molecule has 106 valence electrons. The molecule has 0 unspecified atom stereocenters. The maximum absolute atomic E-state index is 11.7. The molecule has 0 aromatic heterocycles. The number of hydrogen-bond acceptors (Lipinski definition) is 3. The number of amides is 1. The summed E-state index contributed by atoms with van der Waals surface area (Å²) in [7, 11) is 0. The van der Waals surface area contributed by atoms with E-state index < -0.39 is 11.4 Å². The Labute approximate surface area is 113 Å². The zero-order valence-electron chi connectivity index (χ0n) is 11.1. The Kier molecular flexibility index (Phi) is 4.24. The molecule has 2 aliphatic rings. The van der Waals surface area contributed by atoms with Crippen LogP contribution in [0.3, 0.4) is 0 Å². The van der Waals surface area contributed by atoms with Crippen molar-refractivity contribution in [1.29, 1.82) is 0 Å². The van der Waals surface area contributed by atoms with E-state index in [0.29, 0.717) is 39.1 Å². The molecule has 5 heteroatoms. The van der Waals surface area contributed by atoms with Gasteiger partial charge in [0.15, 0.2) is 0 Å². The van der Waals surface area contributed by atoms with E-state index in [1.165, 1.54) is 6.08 Å². The number of nitrogens with zero attached hydrogens (tertiary/aromatic N) is 1. The van der Waals surface area contributed by atoms with Crippen LogP contribution in [0.15, 0.2) is 12.7 Å². The molecule has 0 atom stereocenters. The van der Waals surface area contributed by atoms with E-state index in [2.05, 4.69) is 6.58 Å². The predicted octanol–water partition coefficient (Wildman–Crippen LogP) is 1.29. The van der Waals surface area contributed by atoms with E-state index in [-0.39, 0.29) is 11.8 Å². The lowest BCUT2D eigenvalue weighted by Gasteiger charge is -2.43. The van der Waals surface area contributed by atoms with Crippen LogP contribution in [0.25, 0.3) is 0 Å². The van der Waals surface area contributed by atoms with Crippen molar-refractivity contribution in [2.45, 2.75) is 25.7 Å². The Morgan fingerprint density at radius 3 is 2.32 bits per heavy atom. The third-order valence-electron chi connectivity index (χ3n) is 4.57. The second-order valence-corrected chi connectivity index (χ2v) is 5.38. The number of carboxylic acid groups (broad SMARTS) is 1. The maximum atomic E-state index is 11.7. The SMILES string of the molecule is C=CC(=O)N1CCC(C2(C(=O)O)CCOCC2)CC1. The lowest BCUT2D eigenvalue weighted by Crippen LogP contribution is -2.48. The molecular formula is C14H21NO4. The first-order chi connectivity index (χ1) is 9.10. The molecule has 2 saturated heterocycles. The Morgan fingerprint density at radius 2 is 1.84 bits per heavy atom. The molecule has 0 radical (unpaired) electrons. The Balaban J connectivity index is 2.03. The summed E-state index contributed by atoms with van der Waals surface area (Å²) < 4.78 is 5.30. The lowest BCUT2D eigenvalue weighted by molar-refractivity contribution is -0.162. The monoisotopic (exact) mass is 267 g/mol. The molecule has 0 spiro atoms. The van der Waals surface area contributed by atoms with Crippen molar-refractivity contribution >= 4 is 11.9 Å². The van der Waals surface area contributed by atoms with E-state index in [9.17, 15) is 14.7 Å². The highest BCUT2D eigenvalue weighted by Gasteiger charge is 2.47. The van der Waals surface area contributed by atoms with Crippen molar-refractivity contribution in [3.05, 3.63) is 12.7 Å². The van der Waals surface area contributed by atoms with Crippen molar-refractivity contribution in [2.24, 2.45) is 11.3 Å². The standard InChI is InChI=1S/C14H21NO4/c1-2-12(16)15-7-3-11(4-8-15)14(13(17)18)5-9-19-10-6-14/h2,11H,1,3-10H2,(H,17,18). The van der Waals surface area contributed by atoms with Crippen LogP contribution in [0.2, 0.25) is 0 Å². The van der Waals surface area contributed by atoms with E-state index in [4.69, 9.17) is 4.74 Å². The summed E-state index contributed by atoms with van der Waals surface area (Å²) in [4.78, 5) is 25.0. The number of piperidine rings is 1. The molecule has 0 aromatic rings. The minimum Gasteiger partial charge on any atom is -0.481 e. The van der Waals surface area contributed by atoms with Crippen LogP contribution in [0, 0.1) is 11.3 Å². The fraction of sp³-hybridized carbons (Fsp3) is 0.714. The van der Waals surface area contributed by atoms with Crippen molar-refractivity contribution in [3.8, 4) is 0 Å². The zero-order chi connectivity index (χ0) is 13.9. The van der Waals surface area contributed by atoms with Gasteiger partial charge in [0.25, 0.3) is 0 Å². The minimum atomic E-state index is -0.704. The van der Waals surface area contributed by atoms with Gasteiger partial charge in [-0.25, -0.2) is 0 Å².